The van der Waals surface area contributed by atoms with Crippen molar-refractivity contribution >= 4 is 17.0 Å². The molecule has 0 radical (unpaired) electrons. The number of nitrogens with two attached hydrogens (primary N) is 1. The van der Waals surface area contributed by atoms with Crippen molar-refractivity contribution < 1.29 is 0 Å². The van der Waals surface area contributed by atoms with Gasteiger partial charge in [-0.1, -0.05) is 98.3 Å². The van der Waals surface area contributed by atoms with Crippen molar-refractivity contribution in [1.82, 2.24) is 0 Å². The molecule has 1 atom stereocenters. The number of rotatable bonds is 16. The first kappa shape index (κ1) is 25.7. The molecule has 2 heteroatoms. The Kier molecular flexibility index (Phi) is 19.3. The Hall–Kier alpha value is 0.440. The molecule has 1 unspecified atom stereocenters. The monoisotopic (exact) mass is 391 g/mol. The first-order valence-corrected chi connectivity index (χ1v) is 10.4. The largest absolute Gasteiger partial charge is 0.325 e. The zero-order valence-electron chi connectivity index (χ0n) is 16.7. The van der Waals surface area contributed by atoms with Gasteiger partial charge in [0.2, 0.25) is 0 Å². The van der Waals surface area contributed by atoms with Crippen molar-refractivity contribution in [3.05, 3.63) is 0 Å². The first-order chi connectivity index (χ1) is 10.6. The highest BCUT2D eigenvalue weighted by molar-refractivity contribution is 8.93. The third-order valence-corrected chi connectivity index (χ3v) is 5.37. The quantitative estimate of drug-likeness (QED) is 0.266. The summed E-state index contributed by atoms with van der Waals surface area (Å²) in [5.74, 6) is 0.757. The molecular weight excluding hydrogens is 346 g/mol. The number of hydrogen-bond donors (Lipinski definition) is 1. The summed E-state index contributed by atoms with van der Waals surface area (Å²) in [5, 5.41) is 0. The minimum Gasteiger partial charge on any atom is -0.325 e. The zero-order chi connectivity index (χ0) is 16.7. The van der Waals surface area contributed by atoms with E-state index in [4.69, 9.17) is 5.73 Å². The van der Waals surface area contributed by atoms with Gasteiger partial charge in [0.15, 0.2) is 0 Å². The van der Waals surface area contributed by atoms with E-state index in [2.05, 4.69) is 27.7 Å². The van der Waals surface area contributed by atoms with Crippen molar-refractivity contribution in [3.63, 3.8) is 0 Å². The molecule has 0 aromatic heterocycles. The van der Waals surface area contributed by atoms with Crippen LogP contribution < -0.4 is 5.73 Å². The van der Waals surface area contributed by atoms with E-state index in [9.17, 15) is 0 Å². The SMILES string of the molecule is Br.CCCCCCCC(CCCC)C(N)(CCCC)CCCC. The lowest BCUT2D eigenvalue weighted by atomic mass is 9.72. The maximum absolute atomic E-state index is 7.00. The molecule has 0 rings (SSSR count). The van der Waals surface area contributed by atoms with Gasteiger partial charge in [0.05, 0.1) is 0 Å². The summed E-state index contributed by atoms with van der Waals surface area (Å²) in [4.78, 5) is 0. The molecule has 0 heterocycles. The minimum absolute atomic E-state index is 0. The van der Waals surface area contributed by atoms with Crippen LogP contribution in [-0.4, -0.2) is 5.54 Å². The lowest BCUT2D eigenvalue weighted by Crippen LogP contribution is -2.47. The van der Waals surface area contributed by atoms with Crippen molar-refractivity contribution in [3.8, 4) is 0 Å². The van der Waals surface area contributed by atoms with E-state index >= 15 is 0 Å². The van der Waals surface area contributed by atoms with Crippen LogP contribution >= 0.6 is 17.0 Å². The minimum atomic E-state index is 0. The Morgan fingerprint density at radius 2 is 1.04 bits per heavy atom. The Bertz CT molecular complexity index is 222. The van der Waals surface area contributed by atoms with Crippen LogP contribution in [0.2, 0.25) is 0 Å². The van der Waals surface area contributed by atoms with E-state index < -0.39 is 0 Å². The molecular formula is C21H46BrN. The standard InChI is InChI=1S/C21H45N.BrH/c1-5-9-13-14-15-17-20(16-10-6-2)21(22,18-11-7-3)19-12-8-4;/h20H,5-19,22H2,1-4H3;1H. The van der Waals surface area contributed by atoms with E-state index in [1.165, 1.54) is 96.3 Å². The van der Waals surface area contributed by atoms with Gasteiger partial charge in [0.25, 0.3) is 0 Å². The van der Waals surface area contributed by atoms with Gasteiger partial charge >= 0.3 is 0 Å². The summed E-state index contributed by atoms with van der Waals surface area (Å²) in [7, 11) is 0. The molecule has 23 heavy (non-hydrogen) atoms. The highest BCUT2D eigenvalue weighted by atomic mass is 79.9. The Morgan fingerprint density at radius 1 is 0.609 bits per heavy atom. The van der Waals surface area contributed by atoms with Gasteiger partial charge in [0.1, 0.15) is 0 Å². The molecule has 0 bridgehead atoms. The molecule has 0 aromatic rings. The topological polar surface area (TPSA) is 26.0 Å². The fourth-order valence-corrected chi connectivity index (χ4v) is 3.71. The fourth-order valence-electron chi connectivity index (χ4n) is 3.71. The van der Waals surface area contributed by atoms with E-state index in [1.807, 2.05) is 0 Å². The second-order valence-electron chi connectivity index (χ2n) is 7.48. The Morgan fingerprint density at radius 3 is 1.52 bits per heavy atom. The zero-order valence-corrected chi connectivity index (χ0v) is 18.4. The van der Waals surface area contributed by atoms with Crippen LogP contribution in [0.1, 0.15) is 124 Å². The normalized spacial score (nSPS) is 12.9. The van der Waals surface area contributed by atoms with E-state index in [1.54, 1.807) is 0 Å². The maximum Gasteiger partial charge on any atom is 0.0182 e. The average molecular weight is 393 g/mol. The highest BCUT2D eigenvalue weighted by Gasteiger charge is 2.32. The Balaban J connectivity index is 0. The third-order valence-electron chi connectivity index (χ3n) is 5.37. The molecule has 0 aliphatic rings. The summed E-state index contributed by atoms with van der Waals surface area (Å²) in [6, 6.07) is 0. The van der Waals surface area contributed by atoms with Crippen LogP contribution in [0.3, 0.4) is 0 Å². The molecule has 0 amide bonds. The number of unbranched alkanes of at least 4 members (excludes halogenated alkanes) is 7. The van der Waals surface area contributed by atoms with Gasteiger partial charge in [-0.2, -0.15) is 0 Å². The van der Waals surface area contributed by atoms with Crippen molar-refractivity contribution in [2.45, 2.75) is 130 Å². The van der Waals surface area contributed by atoms with E-state index in [0.717, 1.165) is 5.92 Å². The van der Waals surface area contributed by atoms with Crippen molar-refractivity contribution in [2.75, 3.05) is 0 Å². The second-order valence-corrected chi connectivity index (χ2v) is 7.48. The molecule has 0 saturated carbocycles. The van der Waals surface area contributed by atoms with Gasteiger partial charge in [0, 0.05) is 5.54 Å². The molecule has 0 saturated heterocycles. The van der Waals surface area contributed by atoms with Crippen LogP contribution in [0.15, 0.2) is 0 Å². The summed E-state index contributed by atoms with van der Waals surface area (Å²) in [6.45, 7) is 9.21. The summed E-state index contributed by atoms with van der Waals surface area (Å²) in [5.41, 5.74) is 7.11. The smallest absolute Gasteiger partial charge is 0.0182 e. The van der Waals surface area contributed by atoms with E-state index in [-0.39, 0.29) is 22.5 Å². The lowest BCUT2D eigenvalue weighted by Gasteiger charge is -2.38. The third kappa shape index (κ3) is 12.5. The molecule has 0 fully saturated rings. The van der Waals surface area contributed by atoms with Gasteiger partial charge in [-0.25, -0.2) is 0 Å². The number of halogens is 1. The fraction of sp³-hybridized carbons (Fsp3) is 1.00. The van der Waals surface area contributed by atoms with Crippen molar-refractivity contribution in [2.24, 2.45) is 11.7 Å². The number of hydrogen-bond acceptors (Lipinski definition) is 1. The molecule has 0 aromatic carbocycles. The van der Waals surface area contributed by atoms with Crippen LogP contribution in [0.4, 0.5) is 0 Å². The van der Waals surface area contributed by atoms with Gasteiger partial charge < -0.3 is 5.73 Å². The summed E-state index contributed by atoms with van der Waals surface area (Å²) >= 11 is 0. The highest BCUT2D eigenvalue weighted by Crippen LogP contribution is 2.34. The molecule has 142 valence electrons. The van der Waals surface area contributed by atoms with Crippen LogP contribution in [-0.2, 0) is 0 Å². The molecule has 1 nitrogen and oxygen atoms in total. The van der Waals surface area contributed by atoms with Crippen LogP contribution in [0.25, 0.3) is 0 Å². The first-order valence-electron chi connectivity index (χ1n) is 10.4. The van der Waals surface area contributed by atoms with Gasteiger partial charge in [-0.3, -0.25) is 0 Å². The van der Waals surface area contributed by atoms with E-state index in [0.29, 0.717) is 0 Å². The van der Waals surface area contributed by atoms with Gasteiger partial charge in [-0.15, -0.1) is 17.0 Å². The maximum atomic E-state index is 7.00. The average Bonchev–Trinajstić information content (AvgIpc) is 2.53. The Labute approximate surface area is 158 Å². The van der Waals surface area contributed by atoms with Crippen molar-refractivity contribution in [1.29, 1.82) is 0 Å². The second kappa shape index (κ2) is 17.3. The molecule has 0 aliphatic carbocycles. The molecule has 0 spiro atoms. The lowest BCUT2D eigenvalue weighted by molar-refractivity contribution is 0.193. The molecule has 0 aliphatic heterocycles. The predicted octanol–water partition coefficient (Wildman–Crippen LogP) is 7.81. The molecule has 2 N–H and O–H groups in total. The van der Waals surface area contributed by atoms with Crippen LogP contribution in [0, 0.1) is 5.92 Å². The predicted molar refractivity (Wildman–Crippen MR) is 113 cm³/mol. The summed E-state index contributed by atoms with van der Waals surface area (Å²) < 4.78 is 0. The van der Waals surface area contributed by atoms with Crippen LogP contribution in [0.5, 0.6) is 0 Å². The summed E-state index contributed by atoms with van der Waals surface area (Å²) in [6.07, 6.45) is 20.0. The van der Waals surface area contributed by atoms with Gasteiger partial charge in [-0.05, 0) is 31.6 Å².